The minimum Gasteiger partial charge on any atom is -0.444 e. The van der Waals surface area contributed by atoms with Crippen molar-refractivity contribution in [1.82, 2.24) is 10.3 Å². The van der Waals surface area contributed by atoms with Gasteiger partial charge in [-0.1, -0.05) is 42.8 Å². The highest BCUT2D eigenvalue weighted by molar-refractivity contribution is 6.34. The molecule has 1 atom stereocenters. The Morgan fingerprint density at radius 2 is 1.96 bits per heavy atom. The van der Waals surface area contributed by atoms with Crippen molar-refractivity contribution in [3.8, 4) is 0 Å². The zero-order valence-corrected chi connectivity index (χ0v) is 15.3. The molecule has 1 heterocycles. The fourth-order valence-electron chi connectivity index (χ4n) is 2.31. The van der Waals surface area contributed by atoms with Gasteiger partial charge in [0.25, 0.3) is 0 Å². The normalized spacial score (nSPS) is 14.2. The number of nitrogens with one attached hydrogen (secondary N) is 1. The van der Waals surface area contributed by atoms with Gasteiger partial charge in [-0.2, -0.15) is 0 Å². The Hall–Kier alpha value is -1.85. The summed E-state index contributed by atoms with van der Waals surface area (Å²) >= 11 is 6.31. The van der Waals surface area contributed by atoms with Gasteiger partial charge in [0.15, 0.2) is 0 Å². The number of hydrogen-bond acceptors (Lipinski definition) is 4. The number of halogens is 1. The molecule has 0 radical (unpaired) electrons. The van der Waals surface area contributed by atoms with E-state index in [-0.39, 0.29) is 0 Å². The van der Waals surface area contributed by atoms with E-state index < -0.39 is 17.1 Å². The number of alkyl carbamates (subject to hydrolysis) is 1. The molecule has 3 N–H and O–H groups in total. The molecule has 6 heteroatoms. The van der Waals surface area contributed by atoms with Crippen LogP contribution in [0, 0.1) is 0 Å². The first-order valence-electron chi connectivity index (χ1n) is 7.87. The summed E-state index contributed by atoms with van der Waals surface area (Å²) in [7, 11) is 0. The minimum absolute atomic E-state index is 0.306. The lowest BCUT2D eigenvalue weighted by molar-refractivity contribution is 0.0516. The lowest BCUT2D eigenvalue weighted by atomic mass is 9.85. The number of pyridine rings is 1. The van der Waals surface area contributed by atoms with Crippen LogP contribution in [0.1, 0.15) is 33.4 Å². The molecule has 24 heavy (non-hydrogen) atoms. The number of hydrogen-bond donors (Lipinski definition) is 2. The van der Waals surface area contributed by atoms with E-state index in [1.165, 1.54) is 0 Å². The SMILES string of the molecule is CC(C)(C)OC(=O)NCC(C)(CN)c1cc2ccccc2c(Cl)n1. The average Bonchev–Trinajstić information content (AvgIpc) is 2.51. The van der Waals surface area contributed by atoms with Gasteiger partial charge in [-0.05, 0) is 32.2 Å². The average molecular weight is 350 g/mol. The summed E-state index contributed by atoms with van der Waals surface area (Å²) in [5.41, 5.74) is 5.61. The molecule has 130 valence electrons. The van der Waals surface area contributed by atoms with Crippen molar-refractivity contribution in [2.24, 2.45) is 5.73 Å². The summed E-state index contributed by atoms with van der Waals surface area (Å²) in [5.74, 6) is 0. The lowest BCUT2D eigenvalue weighted by Gasteiger charge is -2.29. The third kappa shape index (κ3) is 4.36. The molecule has 0 spiro atoms. The smallest absolute Gasteiger partial charge is 0.407 e. The Balaban J connectivity index is 2.24. The van der Waals surface area contributed by atoms with E-state index in [9.17, 15) is 4.79 Å². The van der Waals surface area contributed by atoms with Crippen molar-refractivity contribution in [1.29, 1.82) is 0 Å². The Kier molecular flexibility index (Phi) is 5.35. The second kappa shape index (κ2) is 6.95. The van der Waals surface area contributed by atoms with Crippen molar-refractivity contribution in [3.63, 3.8) is 0 Å². The van der Waals surface area contributed by atoms with Crippen molar-refractivity contribution < 1.29 is 9.53 Å². The van der Waals surface area contributed by atoms with Crippen molar-refractivity contribution >= 4 is 28.5 Å². The zero-order valence-electron chi connectivity index (χ0n) is 14.5. The van der Waals surface area contributed by atoms with E-state index in [4.69, 9.17) is 22.1 Å². The van der Waals surface area contributed by atoms with Crippen LogP contribution in [-0.4, -0.2) is 29.8 Å². The number of carbonyl (C=O) groups excluding carboxylic acids is 1. The Morgan fingerprint density at radius 3 is 2.58 bits per heavy atom. The van der Waals surface area contributed by atoms with E-state index >= 15 is 0 Å². The van der Waals surface area contributed by atoms with Gasteiger partial charge in [0.2, 0.25) is 0 Å². The van der Waals surface area contributed by atoms with E-state index in [0.717, 1.165) is 16.5 Å². The lowest BCUT2D eigenvalue weighted by Crippen LogP contribution is -2.45. The first-order chi connectivity index (χ1) is 11.1. The zero-order chi connectivity index (χ0) is 18.0. The molecule has 0 saturated heterocycles. The Bertz CT molecular complexity index is 743. The minimum atomic E-state index is -0.551. The third-order valence-corrected chi connectivity index (χ3v) is 4.07. The Labute approximate surface area is 147 Å². The van der Waals surface area contributed by atoms with Crippen LogP contribution in [0.15, 0.2) is 30.3 Å². The monoisotopic (exact) mass is 349 g/mol. The fourth-order valence-corrected chi connectivity index (χ4v) is 2.58. The first-order valence-corrected chi connectivity index (χ1v) is 8.25. The molecule has 5 nitrogen and oxygen atoms in total. The van der Waals surface area contributed by atoms with Gasteiger partial charge in [0.1, 0.15) is 10.8 Å². The Morgan fingerprint density at radius 1 is 1.29 bits per heavy atom. The molecule has 0 aliphatic carbocycles. The number of carbonyl (C=O) groups is 1. The first kappa shape index (κ1) is 18.5. The number of nitrogens with zero attached hydrogens (tertiary/aromatic N) is 1. The fraction of sp³-hybridized carbons (Fsp3) is 0.444. The van der Waals surface area contributed by atoms with E-state index in [2.05, 4.69) is 10.3 Å². The largest absolute Gasteiger partial charge is 0.444 e. The molecule has 1 amide bonds. The molecule has 0 aliphatic rings. The molecule has 2 rings (SSSR count). The predicted octanol–water partition coefficient (Wildman–Crippen LogP) is 3.63. The highest BCUT2D eigenvalue weighted by Gasteiger charge is 2.29. The standard InChI is InChI=1S/C18H24ClN3O2/c1-17(2,3)24-16(23)21-11-18(4,10-20)14-9-12-7-5-6-8-13(12)15(19)22-14/h5-9H,10-11,20H2,1-4H3,(H,21,23). The van der Waals surface area contributed by atoms with Crippen LogP contribution in [0.4, 0.5) is 4.79 Å². The highest BCUT2D eigenvalue weighted by atomic mass is 35.5. The van der Waals surface area contributed by atoms with Crippen molar-refractivity contribution in [2.75, 3.05) is 13.1 Å². The molecule has 0 fully saturated rings. The number of nitrogens with two attached hydrogens (primary N) is 1. The van der Waals surface area contributed by atoms with Crippen LogP contribution in [-0.2, 0) is 10.2 Å². The number of aromatic nitrogens is 1. The van der Waals surface area contributed by atoms with E-state index in [0.29, 0.717) is 18.2 Å². The summed E-state index contributed by atoms with van der Waals surface area (Å²) in [5, 5.41) is 5.08. The topological polar surface area (TPSA) is 77.2 Å². The third-order valence-electron chi connectivity index (χ3n) is 3.78. The molecule has 0 aliphatic heterocycles. The number of amides is 1. The maximum absolute atomic E-state index is 11.9. The highest BCUT2D eigenvalue weighted by Crippen LogP contribution is 2.28. The second-order valence-corrected chi connectivity index (χ2v) is 7.50. The summed E-state index contributed by atoms with van der Waals surface area (Å²) in [4.78, 5) is 16.4. The van der Waals surface area contributed by atoms with Crippen molar-refractivity contribution in [2.45, 2.75) is 38.7 Å². The van der Waals surface area contributed by atoms with Gasteiger partial charge in [-0.15, -0.1) is 0 Å². The number of rotatable bonds is 4. The summed E-state index contributed by atoms with van der Waals surface area (Å²) in [6, 6.07) is 9.73. The molecule has 1 aromatic carbocycles. The molecule has 0 saturated carbocycles. The number of benzene rings is 1. The molecule has 0 bridgehead atoms. The maximum Gasteiger partial charge on any atom is 0.407 e. The maximum atomic E-state index is 11.9. The molecule has 1 aromatic heterocycles. The summed E-state index contributed by atoms with van der Waals surface area (Å²) in [6.07, 6.45) is -0.478. The van der Waals surface area contributed by atoms with Crippen LogP contribution < -0.4 is 11.1 Å². The molecule has 2 aromatic rings. The summed E-state index contributed by atoms with van der Waals surface area (Å²) in [6.45, 7) is 8.01. The second-order valence-electron chi connectivity index (χ2n) is 7.14. The quantitative estimate of drug-likeness (QED) is 0.826. The van der Waals surface area contributed by atoms with Gasteiger partial charge in [0.05, 0.1) is 5.69 Å². The van der Waals surface area contributed by atoms with Gasteiger partial charge in [-0.25, -0.2) is 9.78 Å². The number of fused-ring (bicyclic) bond motifs is 1. The van der Waals surface area contributed by atoms with Gasteiger partial charge in [0, 0.05) is 23.9 Å². The van der Waals surface area contributed by atoms with Crippen LogP contribution in [0.3, 0.4) is 0 Å². The van der Waals surface area contributed by atoms with Gasteiger partial charge < -0.3 is 15.8 Å². The molecule has 1 unspecified atom stereocenters. The molecular formula is C18H24ClN3O2. The van der Waals surface area contributed by atoms with Crippen LogP contribution in [0.2, 0.25) is 5.15 Å². The van der Waals surface area contributed by atoms with Crippen LogP contribution in [0.5, 0.6) is 0 Å². The molecular weight excluding hydrogens is 326 g/mol. The van der Waals surface area contributed by atoms with Crippen LogP contribution in [0.25, 0.3) is 10.8 Å². The summed E-state index contributed by atoms with van der Waals surface area (Å²) < 4.78 is 5.27. The van der Waals surface area contributed by atoms with Gasteiger partial charge >= 0.3 is 6.09 Å². The number of ether oxygens (including phenoxy) is 1. The predicted molar refractivity (Wildman–Crippen MR) is 97.4 cm³/mol. The van der Waals surface area contributed by atoms with Gasteiger partial charge in [-0.3, -0.25) is 0 Å². The van der Waals surface area contributed by atoms with E-state index in [1.807, 2.05) is 58.0 Å². The van der Waals surface area contributed by atoms with Crippen LogP contribution >= 0.6 is 11.6 Å². The van der Waals surface area contributed by atoms with E-state index in [1.54, 1.807) is 0 Å². The van der Waals surface area contributed by atoms with Crippen molar-refractivity contribution in [3.05, 3.63) is 41.2 Å².